The first-order chi connectivity index (χ1) is 11.6. The Morgan fingerprint density at radius 3 is 2.71 bits per heavy atom. The largest absolute Gasteiger partial charge is 0.339 e. The summed E-state index contributed by atoms with van der Waals surface area (Å²) in [5.41, 5.74) is 3.34. The molecule has 6 nitrogen and oxygen atoms in total. The molecule has 0 unspecified atom stereocenters. The molecule has 118 valence electrons. The number of anilines is 4. The molecule has 24 heavy (non-hydrogen) atoms. The molecule has 0 aliphatic rings. The molecule has 1 aromatic heterocycles. The highest BCUT2D eigenvalue weighted by molar-refractivity contribution is 9.10. The average molecular weight is 381 g/mol. The maximum atomic E-state index is 8.94. The maximum Gasteiger partial charge on any atom is 0.249 e. The smallest absolute Gasteiger partial charge is 0.249 e. The number of nitriles is 1. The summed E-state index contributed by atoms with van der Waals surface area (Å²) in [4.78, 5) is 4.38. The van der Waals surface area contributed by atoms with Crippen molar-refractivity contribution in [2.45, 2.75) is 6.92 Å². The van der Waals surface area contributed by atoms with Crippen LogP contribution in [-0.4, -0.2) is 15.2 Å². The standard InChI is InChI=1S/C17H13BrN6/c1-11-5-6-14(8-15(11)18)21-16-10-20-24-17(23-16)22-13-4-2-3-12(7-13)9-19/h2-8,10H,1H3,(H2,21,22,23,24). The Morgan fingerprint density at radius 2 is 1.92 bits per heavy atom. The van der Waals surface area contributed by atoms with Crippen LogP contribution in [0.25, 0.3) is 0 Å². The number of aryl methyl sites for hydroxylation is 1. The van der Waals surface area contributed by atoms with Crippen LogP contribution in [0.5, 0.6) is 0 Å². The van der Waals surface area contributed by atoms with Gasteiger partial charge in [-0.05, 0) is 42.8 Å². The van der Waals surface area contributed by atoms with Crippen molar-refractivity contribution in [3.8, 4) is 6.07 Å². The predicted octanol–water partition coefficient (Wildman–Crippen LogP) is 4.30. The number of hydrogen-bond acceptors (Lipinski definition) is 6. The van der Waals surface area contributed by atoms with E-state index >= 15 is 0 Å². The maximum absolute atomic E-state index is 8.94. The molecule has 3 aromatic rings. The van der Waals surface area contributed by atoms with Gasteiger partial charge in [0.2, 0.25) is 5.95 Å². The third kappa shape index (κ3) is 3.86. The minimum absolute atomic E-state index is 0.348. The Hall–Kier alpha value is -2.98. The second-order valence-electron chi connectivity index (χ2n) is 5.07. The van der Waals surface area contributed by atoms with Crippen molar-refractivity contribution in [2.75, 3.05) is 10.6 Å². The summed E-state index contributed by atoms with van der Waals surface area (Å²) >= 11 is 3.50. The van der Waals surface area contributed by atoms with E-state index in [-0.39, 0.29) is 0 Å². The van der Waals surface area contributed by atoms with Crippen LogP contribution in [0.3, 0.4) is 0 Å². The first-order valence-corrected chi connectivity index (χ1v) is 7.93. The number of benzene rings is 2. The minimum atomic E-state index is 0.348. The van der Waals surface area contributed by atoms with Gasteiger partial charge in [0.05, 0.1) is 17.8 Å². The lowest BCUT2D eigenvalue weighted by Crippen LogP contribution is -2.02. The van der Waals surface area contributed by atoms with Crippen molar-refractivity contribution < 1.29 is 0 Å². The molecule has 2 N–H and O–H groups in total. The summed E-state index contributed by atoms with van der Waals surface area (Å²) in [7, 11) is 0. The van der Waals surface area contributed by atoms with Gasteiger partial charge in [-0.15, -0.1) is 5.10 Å². The molecule has 0 spiro atoms. The molecular formula is C17H13BrN6. The molecule has 0 saturated heterocycles. The lowest BCUT2D eigenvalue weighted by atomic mass is 10.2. The molecule has 0 bridgehead atoms. The highest BCUT2D eigenvalue weighted by atomic mass is 79.9. The van der Waals surface area contributed by atoms with Crippen molar-refractivity contribution >= 4 is 39.1 Å². The number of hydrogen-bond donors (Lipinski definition) is 2. The first kappa shape index (κ1) is 15.9. The van der Waals surface area contributed by atoms with E-state index in [0.29, 0.717) is 17.3 Å². The van der Waals surface area contributed by atoms with E-state index in [1.807, 2.05) is 31.2 Å². The van der Waals surface area contributed by atoms with Crippen molar-refractivity contribution in [2.24, 2.45) is 0 Å². The van der Waals surface area contributed by atoms with E-state index in [4.69, 9.17) is 5.26 Å². The molecule has 1 heterocycles. The average Bonchev–Trinajstić information content (AvgIpc) is 2.59. The number of rotatable bonds is 4. The Kier molecular flexibility index (Phi) is 4.68. The van der Waals surface area contributed by atoms with Gasteiger partial charge in [0.25, 0.3) is 0 Å². The van der Waals surface area contributed by atoms with Crippen LogP contribution in [-0.2, 0) is 0 Å². The summed E-state index contributed by atoms with van der Waals surface area (Å²) < 4.78 is 1.01. The number of nitrogens with zero attached hydrogens (tertiary/aromatic N) is 4. The van der Waals surface area contributed by atoms with Crippen LogP contribution >= 0.6 is 15.9 Å². The molecule has 2 aromatic carbocycles. The van der Waals surface area contributed by atoms with E-state index < -0.39 is 0 Å². The Labute approximate surface area is 147 Å². The van der Waals surface area contributed by atoms with E-state index in [1.165, 1.54) is 0 Å². The highest BCUT2D eigenvalue weighted by Gasteiger charge is 2.04. The van der Waals surface area contributed by atoms with Crippen molar-refractivity contribution in [1.29, 1.82) is 5.26 Å². The molecule has 0 fully saturated rings. The zero-order valence-corrected chi connectivity index (χ0v) is 14.4. The van der Waals surface area contributed by atoms with Crippen LogP contribution in [0.2, 0.25) is 0 Å². The predicted molar refractivity (Wildman–Crippen MR) is 96.4 cm³/mol. The highest BCUT2D eigenvalue weighted by Crippen LogP contribution is 2.23. The molecule has 7 heteroatoms. The lowest BCUT2D eigenvalue weighted by molar-refractivity contribution is 0.982. The Balaban J connectivity index is 1.78. The van der Waals surface area contributed by atoms with E-state index in [9.17, 15) is 0 Å². The molecule has 0 amide bonds. The fourth-order valence-electron chi connectivity index (χ4n) is 2.03. The van der Waals surface area contributed by atoms with Gasteiger partial charge in [0, 0.05) is 15.8 Å². The fourth-order valence-corrected chi connectivity index (χ4v) is 2.41. The quantitative estimate of drug-likeness (QED) is 0.701. The van der Waals surface area contributed by atoms with Crippen molar-refractivity contribution in [3.63, 3.8) is 0 Å². The molecule has 3 rings (SSSR count). The first-order valence-electron chi connectivity index (χ1n) is 7.14. The minimum Gasteiger partial charge on any atom is -0.339 e. The van der Waals surface area contributed by atoms with Crippen LogP contribution < -0.4 is 10.6 Å². The van der Waals surface area contributed by atoms with Gasteiger partial charge in [0.1, 0.15) is 0 Å². The third-order valence-corrected chi connectivity index (χ3v) is 4.11. The second kappa shape index (κ2) is 7.06. The summed E-state index contributed by atoms with van der Waals surface area (Å²) in [6, 6.07) is 15.1. The van der Waals surface area contributed by atoms with Gasteiger partial charge in [-0.1, -0.05) is 28.1 Å². The topological polar surface area (TPSA) is 86.5 Å². The zero-order chi connectivity index (χ0) is 16.9. The summed E-state index contributed by atoms with van der Waals surface area (Å²) in [5, 5.41) is 23.1. The van der Waals surface area contributed by atoms with E-state index in [0.717, 1.165) is 21.4 Å². The number of aromatic nitrogens is 3. The lowest BCUT2D eigenvalue weighted by Gasteiger charge is -2.09. The van der Waals surface area contributed by atoms with Gasteiger partial charge in [-0.25, -0.2) is 0 Å². The Bertz CT molecular complexity index is 919. The van der Waals surface area contributed by atoms with Crippen LogP contribution in [0.15, 0.2) is 53.1 Å². The molecule has 0 aliphatic carbocycles. The van der Waals surface area contributed by atoms with E-state index in [1.54, 1.807) is 24.4 Å². The van der Waals surface area contributed by atoms with Crippen molar-refractivity contribution in [1.82, 2.24) is 15.2 Å². The number of nitrogens with one attached hydrogen (secondary N) is 2. The molecule has 0 atom stereocenters. The molecule has 0 saturated carbocycles. The van der Waals surface area contributed by atoms with Gasteiger partial charge >= 0.3 is 0 Å². The second-order valence-corrected chi connectivity index (χ2v) is 5.93. The third-order valence-electron chi connectivity index (χ3n) is 3.25. The summed E-state index contributed by atoms with van der Waals surface area (Å²) in [6.45, 7) is 2.03. The molecule has 0 aliphatic heterocycles. The normalized spacial score (nSPS) is 10.0. The molecule has 0 radical (unpaired) electrons. The van der Waals surface area contributed by atoms with Crippen LogP contribution in [0.4, 0.5) is 23.1 Å². The number of halogens is 1. The summed E-state index contributed by atoms with van der Waals surface area (Å²) in [5.74, 6) is 0.918. The van der Waals surface area contributed by atoms with Crippen LogP contribution in [0, 0.1) is 18.3 Å². The fraction of sp³-hybridized carbons (Fsp3) is 0.0588. The van der Waals surface area contributed by atoms with E-state index in [2.05, 4.69) is 47.8 Å². The monoisotopic (exact) mass is 380 g/mol. The Morgan fingerprint density at radius 1 is 1.08 bits per heavy atom. The van der Waals surface area contributed by atoms with Gasteiger partial charge in [0.15, 0.2) is 5.82 Å². The van der Waals surface area contributed by atoms with Gasteiger partial charge in [-0.3, -0.25) is 0 Å². The zero-order valence-electron chi connectivity index (χ0n) is 12.8. The van der Waals surface area contributed by atoms with Gasteiger partial charge < -0.3 is 10.6 Å². The van der Waals surface area contributed by atoms with Crippen LogP contribution in [0.1, 0.15) is 11.1 Å². The molecular weight excluding hydrogens is 368 g/mol. The van der Waals surface area contributed by atoms with Gasteiger partial charge in [-0.2, -0.15) is 15.3 Å². The SMILES string of the molecule is Cc1ccc(Nc2cnnc(Nc3cccc(C#N)c3)n2)cc1Br. The van der Waals surface area contributed by atoms with Crippen molar-refractivity contribution in [3.05, 3.63) is 64.3 Å². The summed E-state index contributed by atoms with van der Waals surface area (Å²) in [6.07, 6.45) is 1.55.